The van der Waals surface area contributed by atoms with E-state index >= 15 is 0 Å². The number of benzene rings is 1. The zero-order chi connectivity index (χ0) is 19.1. The van der Waals surface area contributed by atoms with E-state index in [0.29, 0.717) is 24.7 Å². The van der Waals surface area contributed by atoms with Crippen LogP contribution in [-0.4, -0.2) is 28.9 Å². The molecule has 0 aliphatic carbocycles. The maximum Gasteiger partial charge on any atom is 0.246 e. The molecule has 0 fully saturated rings. The molecule has 2 aromatic rings. The Balaban J connectivity index is 1.72. The Morgan fingerprint density at radius 3 is 3.07 bits per heavy atom. The van der Waals surface area contributed by atoms with Crippen molar-refractivity contribution >= 4 is 23.6 Å². The van der Waals surface area contributed by atoms with Gasteiger partial charge >= 0.3 is 0 Å². The second-order valence-electron chi connectivity index (χ2n) is 6.05. The zero-order valence-corrected chi connectivity index (χ0v) is 15.4. The summed E-state index contributed by atoms with van der Waals surface area (Å²) in [6.45, 7) is 1.16. The number of ether oxygens (including phenoxy) is 1. The van der Waals surface area contributed by atoms with Gasteiger partial charge in [0.2, 0.25) is 5.91 Å². The van der Waals surface area contributed by atoms with Crippen molar-refractivity contribution in [3.05, 3.63) is 76.6 Å². The molecule has 1 aromatic carbocycles. The van der Waals surface area contributed by atoms with Crippen LogP contribution >= 0.6 is 11.6 Å². The Hall–Kier alpha value is -3.10. The van der Waals surface area contributed by atoms with Crippen LogP contribution in [0.25, 0.3) is 6.08 Å². The Morgan fingerprint density at radius 1 is 1.41 bits per heavy atom. The molecule has 2 heterocycles. The Labute approximate surface area is 163 Å². The summed E-state index contributed by atoms with van der Waals surface area (Å²) in [5.74, 6) is 0.613. The van der Waals surface area contributed by atoms with Gasteiger partial charge in [-0.2, -0.15) is 5.26 Å². The number of hydrogen-bond acceptors (Lipinski definition) is 4. The first-order chi connectivity index (χ1) is 13.2. The lowest BCUT2D eigenvalue weighted by Crippen LogP contribution is -2.30. The quantitative estimate of drug-likeness (QED) is 0.711. The molecule has 0 saturated heterocycles. The van der Waals surface area contributed by atoms with Crippen LogP contribution in [0.4, 0.5) is 0 Å². The molecule has 5 nitrogen and oxygen atoms in total. The highest BCUT2D eigenvalue weighted by Gasteiger charge is 2.13. The monoisotopic (exact) mass is 379 g/mol. The van der Waals surface area contributed by atoms with E-state index in [1.54, 1.807) is 29.4 Å². The fourth-order valence-electron chi connectivity index (χ4n) is 2.71. The summed E-state index contributed by atoms with van der Waals surface area (Å²) in [5.41, 5.74) is 2.68. The molecule has 1 aliphatic heterocycles. The predicted molar refractivity (Wildman–Crippen MR) is 104 cm³/mol. The van der Waals surface area contributed by atoms with Gasteiger partial charge in [-0.25, -0.2) is 0 Å². The molecule has 6 heteroatoms. The lowest BCUT2D eigenvalue weighted by molar-refractivity contribution is -0.126. The van der Waals surface area contributed by atoms with E-state index in [1.807, 2.05) is 30.3 Å². The second kappa shape index (κ2) is 9.02. The SMILES string of the molecule is N#CCCN(Cc1cccnc1)C(=O)C=CC1=Cc2cc(Cl)ccc2OC1. The van der Waals surface area contributed by atoms with Crippen LogP contribution in [0.2, 0.25) is 5.02 Å². The number of carbonyl (C=O) groups is 1. The van der Waals surface area contributed by atoms with Crippen molar-refractivity contribution in [2.24, 2.45) is 0 Å². The lowest BCUT2D eigenvalue weighted by Gasteiger charge is -2.20. The van der Waals surface area contributed by atoms with Crippen LogP contribution in [-0.2, 0) is 11.3 Å². The van der Waals surface area contributed by atoms with Crippen LogP contribution in [0, 0.1) is 11.3 Å². The molecule has 0 unspecified atom stereocenters. The van der Waals surface area contributed by atoms with Crippen molar-refractivity contribution in [3.63, 3.8) is 0 Å². The van der Waals surface area contributed by atoms with Gasteiger partial charge in [0.1, 0.15) is 12.4 Å². The van der Waals surface area contributed by atoms with Gasteiger partial charge in [-0.3, -0.25) is 9.78 Å². The van der Waals surface area contributed by atoms with E-state index in [4.69, 9.17) is 21.6 Å². The first-order valence-electron chi connectivity index (χ1n) is 8.51. The number of pyridine rings is 1. The largest absolute Gasteiger partial charge is 0.488 e. The highest BCUT2D eigenvalue weighted by Crippen LogP contribution is 2.29. The molecule has 0 saturated carbocycles. The summed E-state index contributed by atoms with van der Waals surface area (Å²) in [6.07, 6.45) is 8.89. The molecular weight excluding hydrogens is 362 g/mol. The van der Waals surface area contributed by atoms with Crippen LogP contribution < -0.4 is 4.74 Å². The summed E-state index contributed by atoms with van der Waals surface area (Å²) in [7, 11) is 0. The number of nitrogens with zero attached hydrogens (tertiary/aromatic N) is 3. The highest BCUT2D eigenvalue weighted by molar-refractivity contribution is 6.30. The van der Waals surface area contributed by atoms with Crippen molar-refractivity contribution in [2.45, 2.75) is 13.0 Å². The molecule has 27 heavy (non-hydrogen) atoms. The van der Waals surface area contributed by atoms with Crippen molar-refractivity contribution in [1.29, 1.82) is 5.26 Å². The molecule has 0 spiro atoms. The molecule has 0 radical (unpaired) electrons. The van der Waals surface area contributed by atoms with Crippen LogP contribution in [0.5, 0.6) is 5.75 Å². The molecule has 3 rings (SSSR count). The predicted octanol–water partition coefficient (Wildman–Crippen LogP) is 4.01. The van der Waals surface area contributed by atoms with Crippen LogP contribution in [0.15, 0.2) is 60.5 Å². The van der Waals surface area contributed by atoms with Crippen molar-refractivity contribution < 1.29 is 9.53 Å². The van der Waals surface area contributed by atoms with E-state index in [9.17, 15) is 4.79 Å². The van der Waals surface area contributed by atoms with Gasteiger partial charge in [-0.15, -0.1) is 0 Å². The van der Waals surface area contributed by atoms with Gasteiger partial charge in [-0.05, 0) is 41.5 Å². The standard InChI is InChI=1S/C21H18ClN3O2/c22-19-5-6-20-18(12-19)11-16(15-27-20)4-7-21(26)25(10-2-8-23)14-17-3-1-9-24-13-17/h1,3-7,9,11-13H,2,10,14-15H2. The second-order valence-corrected chi connectivity index (χ2v) is 6.49. The summed E-state index contributed by atoms with van der Waals surface area (Å²) in [4.78, 5) is 18.3. The van der Waals surface area contributed by atoms with Crippen molar-refractivity contribution in [2.75, 3.05) is 13.2 Å². The van der Waals surface area contributed by atoms with Crippen molar-refractivity contribution in [1.82, 2.24) is 9.88 Å². The Kier molecular flexibility index (Phi) is 6.24. The third-order valence-corrected chi connectivity index (χ3v) is 4.28. The minimum Gasteiger partial charge on any atom is -0.488 e. The number of rotatable bonds is 6. The number of carbonyl (C=O) groups excluding carboxylic acids is 1. The average Bonchev–Trinajstić information content (AvgIpc) is 2.69. The topological polar surface area (TPSA) is 66.2 Å². The lowest BCUT2D eigenvalue weighted by atomic mass is 10.1. The summed E-state index contributed by atoms with van der Waals surface area (Å²) in [5, 5.41) is 9.49. The van der Waals surface area contributed by atoms with E-state index in [1.165, 1.54) is 6.08 Å². The molecule has 1 amide bonds. The third kappa shape index (κ3) is 5.19. The molecular formula is C21H18ClN3O2. The van der Waals surface area contributed by atoms with Gasteiger partial charge in [0.15, 0.2) is 0 Å². The van der Waals surface area contributed by atoms with E-state index in [-0.39, 0.29) is 12.3 Å². The molecule has 0 N–H and O–H groups in total. The highest BCUT2D eigenvalue weighted by atomic mass is 35.5. The summed E-state index contributed by atoms with van der Waals surface area (Å²) < 4.78 is 5.69. The molecule has 1 aromatic heterocycles. The van der Waals surface area contributed by atoms with Crippen molar-refractivity contribution in [3.8, 4) is 11.8 Å². The number of fused-ring (bicyclic) bond motifs is 1. The minimum atomic E-state index is -0.160. The number of amides is 1. The molecule has 0 bridgehead atoms. The molecule has 1 aliphatic rings. The average molecular weight is 380 g/mol. The first kappa shape index (κ1) is 18.7. The Bertz CT molecular complexity index is 917. The third-order valence-electron chi connectivity index (χ3n) is 4.05. The Morgan fingerprint density at radius 2 is 2.30 bits per heavy atom. The smallest absolute Gasteiger partial charge is 0.246 e. The van der Waals surface area contributed by atoms with Gasteiger partial charge in [0.25, 0.3) is 0 Å². The number of hydrogen-bond donors (Lipinski definition) is 0. The molecule has 0 atom stereocenters. The number of nitriles is 1. The number of aromatic nitrogens is 1. The minimum absolute atomic E-state index is 0.160. The fourth-order valence-corrected chi connectivity index (χ4v) is 2.89. The molecule has 136 valence electrons. The summed E-state index contributed by atoms with van der Waals surface area (Å²) in [6, 6.07) is 11.3. The van der Waals surface area contributed by atoms with E-state index in [0.717, 1.165) is 22.4 Å². The van der Waals surface area contributed by atoms with Crippen LogP contribution in [0.3, 0.4) is 0 Å². The van der Waals surface area contributed by atoms with Crippen LogP contribution in [0.1, 0.15) is 17.5 Å². The van der Waals surface area contributed by atoms with E-state index in [2.05, 4.69) is 11.1 Å². The first-order valence-corrected chi connectivity index (χ1v) is 8.89. The summed E-state index contributed by atoms with van der Waals surface area (Å²) >= 11 is 6.02. The van der Waals surface area contributed by atoms with Gasteiger partial charge in [-0.1, -0.05) is 23.7 Å². The van der Waals surface area contributed by atoms with E-state index < -0.39 is 0 Å². The van der Waals surface area contributed by atoms with Gasteiger partial charge in [0, 0.05) is 42.1 Å². The maximum absolute atomic E-state index is 12.6. The van der Waals surface area contributed by atoms with Gasteiger partial charge in [0.05, 0.1) is 12.5 Å². The van der Waals surface area contributed by atoms with Gasteiger partial charge < -0.3 is 9.64 Å². The zero-order valence-electron chi connectivity index (χ0n) is 14.6. The normalized spacial score (nSPS) is 12.7. The maximum atomic E-state index is 12.6. The number of halogens is 1. The fraction of sp³-hybridized carbons (Fsp3) is 0.190.